The normalized spacial score (nSPS) is 15.8. The second-order valence-electron chi connectivity index (χ2n) is 4.45. The van der Waals surface area contributed by atoms with E-state index < -0.39 is 9.85 Å². The van der Waals surface area contributed by atoms with Crippen LogP contribution in [0.2, 0.25) is 0 Å². The van der Waals surface area contributed by atoms with Crippen LogP contribution in [0.5, 0.6) is 0 Å². The molecular formula is C12H9N3O4. The predicted molar refractivity (Wildman–Crippen MR) is 67.0 cm³/mol. The minimum absolute atomic E-state index is 0.0438. The molecule has 1 aliphatic carbocycles. The molecule has 0 amide bonds. The molecule has 0 radical (unpaired) electrons. The molecule has 7 heteroatoms. The van der Waals surface area contributed by atoms with Crippen LogP contribution < -0.4 is 15.8 Å². The molecule has 96 valence electrons. The number of non-ortho nitro benzene ring substituents is 1. The van der Waals surface area contributed by atoms with Gasteiger partial charge in [0.25, 0.3) is 11.4 Å². The molecule has 3 rings (SSSR count). The van der Waals surface area contributed by atoms with Crippen molar-refractivity contribution in [2.75, 3.05) is 6.54 Å². The molecule has 0 aromatic heterocycles. The standard InChI is InChI=1S/C12H9N3O4/c16-14(17)10-1-7-2-11(15(18)19)4-9-6-13-5-8(3-10)12(7)9/h1,3-5,13H,2,6H2. The Kier molecular flexibility index (Phi) is 2.34. The summed E-state index contributed by atoms with van der Waals surface area (Å²) in [5.74, 6) is 0. The maximum atomic E-state index is 10.9. The van der Waals surface area contributed by atoms with Gasteiger partial charge in [-0.15, -0.1) is 0 Å². The summed E-state index contributed by atoms with van der Waals surface area (Å²) in [6.45, 7) is 0.495. The van der Waals surface area contributed by atoms with Gasteiger partial charge >= 0.3 is 0 Å². The lowest BCUT2D eigenvalue weighted by atomic mass is 9.93. The highest BCUT2D eigenvalue weighted by atomic mass is 16.6. The van der Waals surface area contributed by atoms with Crippen molar-refractivity contribution in [1.82, 2.24) is 5.32 Å². The fourth-order valence-electron chi connectivity index (χ4n) is 2.51. The van der Waals surface area contributed by atoms with Gasteiger partial charge in [-0.3, -0.25) is 20.2 Å². The highest BCUT2D eigenvalue weighted by molar-refractivity contribution is 5.66. The number of hydrogen-bond acceptors (Lipinski definition) is 5. The molecule has 7 nitrogen and oxygen atoms in total. The van der Waals surface area contributed by atoms with Crippen molar-refractivity contribution in [3.8, 4) is 0 Å². The number of allylic oxidation sites excluding steroid dienone is 1. The van der Waals surface area contributed by atoms with Crippen molar-refractivity contribution < 1.29 is 9.85 Å². The zero-order valence-electron chi connectivity index (χ0n) is 9.75. The summed E-state index contributed by atoms with van der Waals surface area (Å²) in [6.07, 6.45) is 3.38. The molecule has 0 spiro atoms. The Hall–Kier alpha value is -2.70. The van der Waals surface area contributed by atoms with Crippen molar-refractivity contribution in [3.05, 3.63) is 60.1 Å². The van der Waals surface area contributed by atoms with Crippen molar-refractivity contribution >= 4 is 17.5 Å². The molecular weight excluding hydrogens is 250 g/mol. The second kappa shape index (κ2) is 3.91. The van der Waals surface area contributed by atoms with Crippen LogP contribution >= 0.6 is 0 Å². The number of benzene rings is 1. The summed E-state index contributed by atoms with van der Waals surface area (Å²) in [6, 6.07) is 2.91. The largest absolute Gasteiger partial charge is 0.386 e. The van der Waals surface area contributed by atoms with E-state index in [2.05, 4.69) is 5.32 Å². The summed E-state index contributed by atoms with van der Waals surface area (Å²) in [5, 5.41) is 26.4. The average Bonchev–Trinajstić information content (AvgIpc) is 2.38. The van der Waals surface area contributed by atoms with Gasteiger partial charge in [-0.2, -0.15) is 0 Å². The number of nitrogens with zero attached hydrogens (tertiary/aromatic N) is 2. The molecule has 1 aliphatic heterocycles. The van der Waals surface area contributed by atoms with Crippen LogP contribution in [0.3, 0.4) is 0 Å². The van der Waals surface area contributed by atoms with Crippen LogP contribution in [0.15, 0.2) is 23.9 Å². The molecule has 1 N–H and O–H groups in total. The molecule has 2 aliphatic rings. The maximum Gasteiger partial charge on any atom is 0.270 e. The van der Waals surface area contributed by atoms with Crippen molar-refractivity contribution in [2.45, 2.75) is 6.42 Å². The van der Waals surface area contributed by atoms with Gasteiger partial charge in [0.05, 0.1) is 16.3 Å². The van der Waals surface area contributed by atoms with Crippen LogP contribution in [0.4, 0.5) is 5.69 Å². The van der Waals surface area contributed by atoms with Crippen LogP contribution in [0, 0.1) is 20.2 Å². The van der Waals surface area contributed by atoms with Crippen LogP contribution in [0.25, 0.3) is 11.8 Å². The lowest BCUT2D eigenvalue weighted by Gasteiger charge is -2.16. The van der Waals surface area contributed by atoms with E-state index in [1.165, 1.54) is 12.1 Å². The summed E-state index contributed by atoms with van der Waals surface area (Å²) in [4.78, 5) is 20.9. The first-order chi connectivity index (χ1) is 9.06. The monoisotopic (exact) mass is 259 g/mol. The van der Waals surface area contributed by atoms with Gasteiger partial charge in [-0.05, 0) is 16.4 Å². The molecule has 0 saturated carbocycles. The van der Waals surface area contributed by atoms with Crippen molar-refractivity contribution in [2.24, 2.45) is 0 Å². The fraction of sp³-hybridized carbons (Fsp3) is 0.167. The summed E-state index contributed by atoms with van der Waals surface area (Å²) < 4.78 is 0. The lowest BCUT2D eigenvalue weighted by Crippen LogP contribution is -2.40. The van der Waals surface area contributed by atoms with E-state index in [9.17, 15) is 20.2 Å². The van der Waals surface area contributed by atoms with Gasteiger partial charge < -0.3 is 5.32 Å². The molecule has 1 heterocycles. The Morgan fingerprint density at radius 3 is 2.63 bits per heavy atom. The zero-order valence-corrected chi connectivity index (χ0v) is 9.75. The van der Waals surface area contributed by atoms with Crippen LogP contribution in [-0.2, 0) is 6.42 Å². The molecule has 0 bridgehead atoms. The third-order valence-corrected chi connectivity index (χ3v) is 3.26. The van der Waals surface area contributed by atoms with Gasteiger partial charge in [0, 0.05) is 36.2 Å². The molecule has 19 heavy (non-hydrogen) atoms. The quantitative estimate of drug-likeness (QED) is 0.586. The summed E-state index contributed by atoms with van der Waals surface area (Å²) in [7, 11) is 0. The summed E-state index contributed by atoms with van der Waals surface area (Å²) in [5.41, 5.74) is 1.47. The smallest absolute Gasteiger partial charge is 0.270 e. The number of nitrogens with one attached hydrogen (secondary N) is 1. The van der Waals surface area contributed by atoms with Gasteiger partial charge in [0.2, 0.25) is 0 Å². The Bertz CT molecular complexity index is 764. The number of nitro benzene ring substituents is 1. The van der Waals surface area contributed by atoms with Gasteiger partial charge in [-0.1, -0.05) is 0 Å². The van der Waals surface area contributed by atoms with E-state index >= 15 is 0 Å². The third-order valence-electron chi connectivity index (χ3n) is 3.26. The Morgan fingerprint density at radius 1 is 1.16 bits per heavy atom. The minimum Gasteiger partial charge on any atom is -0.386 e. The first-order valence-electron chi connectivity index (χ1n) is 5.65. The van der Waals surface area contributed by atoms with E-state index in [-0.39, 0.29) is 17.8 Å². The second-order valence-corrected chi connectivity index (χ2v) is 4.45. The van der Waals surface area contributed by atoms with E-state index in [0.29, 0.717) is 17.3 Å². The van der Waals surface area contributed by atoms with E-state index in [4.69, 9.17) is 0 Å². The van der Waals surface area contributed by atoms with Gasteiger partial charge in [-0.25, -0.2) is 0 Å². The first-order valence-corrected chi connectivity index (χ1v) is 5.65. The van der Waals surface area contributed by atoms with Crippen LogP contribution in [-0.4, -0.2) is 16.4 Å². The highest BCUT2D eigenvalue weighted by Crippen LogP contribution is 2.18. The Morgan fingerprint density at radius 2 is 1.95 bits per heavy atom. The highest BCUT2D eigenvalue weighted by Gasteiger charge is 2.23. The molecule has 0 atom stereocenters. The van der Waals surface area contributed by atoms with E-state index in [0.717, 1.165) is 10.8 Å². The van der Waals surface area contributed by atoms with Crippen LogP contribution in [0.1, 0.15) is 5.56 Å². The topological polar surface area (TPSA) is 98.3 Å². The van der Waals surface area contributed by atoms with E-state index in [1.54, 1.807) is 12.3 Å². The number of nitro groups is 2. The SMILES string of the molecule is O=[N+]([O-])C1=CC2=c3c(cc([N+](=O)[O-])cc3=CNC2)C1. The first kappa shape index (κ1) is 11.4. The lowest BCUT2D eigenvalue weighted by molar-refractivity contribution is -0.427. The molecule has 1 aromatic carbocycles. The van der Waals surface area contributed by atoms with Crippen molar-refractivity contribution in [1.29, 1.82) is 0 Å². The third kappa shape index (κ3) is 1.75. The van der Waals surface area contributed by atoms with E-state index in [1.807, 2.05) is 0 Å². The predicted octanol–water partition coefficient (Wildman–Crippen LogP) is -0.197. The molecule has 1 aromatic rings. The Labute approximate surface area is 106 Å². The van der Waals surface area contributed by atoms with Gasteiger partial charge in [0.1, 0.15) is 0 Å². The Balaban J connectivity index is 2.34. The average molecular weight is 259 g/mol. The molecule has 0 fully saturated rings. The van der Waals surface area contributed by atoms with Gasteiger partial charge in [0.15, 0.2) is 0 Å². The molecule has 0 unspecified atom stereocenters. The molecule has 0 saturated heterocycles. The zero-order chi connectivity index (χ0) is 13.6. The maximum absolute atomic E-state index is 10.9. The summed E-state index contributed by atoms with van der Waals surface area (Å²) >= 11 is 0. The fourth-order valence-corrected chi connectivity index (χ4v) is 2.51. The van der Waals surface area contributed by atoms with Crippen molar-refractivity contribution in [3.63, 3.8) is 0 Å². The number of rotatable bonds is 2. The minimum atomic E-state index is -0.483. The number of hydrogen-bond donors (Lipinski definition) is 1.